The van der Waals surface area contributed by atoms with Crippen LogP contribution in [0.15, 0.2) is 18.4 Å². The van der Waals surface area contributed by atoms with Gasteiger partial charge in [-0.3, -0.25) is 4.79 Å². The number of hydrogen-bond donors (Lipinski definition) is 2. The Bertz CT molecular complexity index is 599. The van der Waals surface area contributed by atoms with Crippen LogP contribution in [0.1, 0.15) is 39.3 Å². The number of carbonyl (C=O) groups excluding carboxylic acids is 2. The van der Waals surface area contributed by atoms with Crippen molar-refractivity contribution in [2.45, 2.75) is 45.3 Å². The quantitative estimate of drug-likeness (QED) is 0.828. The molecule has 132 valence electrons. The van der Waals surface area contributed by atoms with Gasteiger partial charge in [-0.2, -0.15) is 0 Å². The summed E-state index contributed by atoms with van der Waals surface area (Å²) in [6.45, 7) is 6.36. The predicted molar refractivity (Wildman–Crippen MR) is 86.6 cm³/mol. The molecule has 0 spiro atoms. The number of imidazole rings is 1. The summed E-state index contributed by atoms with van der Waals surface area (Å²) >= 11 is 0. The second kappa shape index (κ2) is 7.46. The van der Waals surface area contributed by atoms with Crippen molar-refractivity contribution in [2.24, 2.45) is 0 Å². The number of piperidine rings is 1. The van der Waals surface area contributed by atoms with Crippen molar-refractivity contribution in [1.29, 1.82) is 0 Å². The van der Waals surface area contributed by atoms with E-state index in [1.165, 1.54) is 12.5 Å². The number of amides is 2. The summed E-state index contributed by atoms with van der Waals surface area (Å²) in [5, 5.41) is 2.64. The van der Waals surface area contributed by atoms with Gasteiger partial charge in [0.2, 0.25) is 0 Å². The molecule has 1 aromatic rings. The minimum absolute atomic E-state index is 0.169. The number of nitrogens with one attached hydrogen (secondary N) is 2. The number of rotatable bonds is 3. The molecule has 1 aliphatic heterocycles. The fourth-order valence-corrected chi connectivity index (χ4v) is 2.33. The Morgan fingerprint density at radius 3 is 2.62 bits per heavy atom. The normalized spacial score (nSPS) is 16.8. The minimum atomic E-state index is -0.881. The van der Waals surface area contributed by atoms with Gasteiger partial charge >= 0.3 is 6.09 Å². The van der Waals surface area contributed by atoms with Crippen molar-refractivity contribution in [3.8, 4) is 0 Å². The molecule has 0 unspecified atom stereocenters. The first-order valence-corrected chi connectivity index (χ1v) is 7.89. The molecule has 0 aromatic carbocycles. The van der Waals surface area contributed by atoms with Crippen molar-refractivity contribution >= 4 is 18.1 Å². The third kappa shape index (κ3) is 5.36. The molecule has 1 fully saturated rings. The van der Waals surface area contributed by atoms with Crippen LogP contribution in [0.2, 0.25) is 0 Å². The SMILES string of the molecule is CC(C)(C)OC(=O)N1CCC(NC(=O)/C(F)=C/c2cnc[nH]2)CC1. The maximum atomic E-state index is 13.8. The Kier molecular flexibility index (Phi) is 5.58. The highest BCUT2D eigenvalue weighted by molar-refractivity contribution is 5.95. The molecule has 24 heavy (non-hydrogen) atoms. The molecule has 1 aliphatic rings. The second-order valence-corrected chi connectivity index (χ2v) is 6.71. The number of hydrogen-bond acceptors (Lipinski definition) is 4. The molecule has 1 saturated heterocycles. The fraction of sp³-hybridized carbons (Fsp3) is 0.562. The molecule has 0 radical (unpaired) electrons. The first-order valence-electron chi connectivity index (χ1n) is 7.89. The number of H-pyrrole nitrogens is 1. The molecule has 2 N–H and O–H groups in total. The van der Waals surface area contributed by atoms with Crippen LogP contribution >= 0.6 is 0 Å². The lowest BCUT2D eigenvalue weighted by atomic mass is 10.1. The molecule has 0 saturated carbocycles. The first kappa shape index (κ1) is 18.0. The van der Waals surface area contributed by atoms with Gasteiger partial charge in [-0.05, 0) is 33.6 Å². The van der Waals surface area contributed by atoms with Crippen LogP contribution < -0.4 is 5.32 Å². The summed E-state index contributed by atoms with van der Waals surface area (Å²) in [7, 11) is 0. The van der Waals surface area contributed by atoms with E-state index in [2.05, 4.69) is 15.3 Å². The maximum absolute atomic E-state index is 13.8. The van der Waals surface area contributed by atoms with Crippen LogP contribution in [-0.2, 0) is 9.53 Å². The van der Waals surface area contributed by atoms with E-state index < -0.39 is 17.3 Å². The van der Waals surface area contributed by atoms with Gasteiger partial charge in [-0.1, -0.05) is 0 Å². The topological polar surface area (TPSA) is 87.3 Å². The Morgan fingerprint density at radius 1 is 1.42 bits per heavy atom. The molecule has 0 atom stereocenters. The van der Waals surface area contributed by atoms with Crippen molar-refractivity contribution in [1.82, 2.24) is 20.2 Å². The predicted octanol–water partition coefficient (Wildman–Crippen LogP) is 2.24. The van der Waals surface area contributed by atoms with Crippen LogP contribution in [-0.4, -0.2) is 51.6 Å². The lowest BCUT2D eigenvalue weighted by Gasteiger charge is -2.33. The van der Waals surface area contributed by atoms with Gasteiger partial charge in [0.1, 0.15) is 5.60 Å². The largest absolute Gasteiger partial charge is 0.444 e. The summed E-state index contributed by atoms with van der Waals surface area (Å²) in [6, 6.07) is -0.169. The monoisotopic (exact) mass is 338 g/mol. The van der Waals surface area contributed by atoms with Gasteiger partial charge < -0.3 is 19.9 Å². The van der Waals surface area contributed by atoms with Crippen LogP contribution in [0.5, 0.6) is 0 Å². The average Bonchev–Trinajstić information content (AvgIpc) is 2.99. The molecule has 1 aromatic heterocycles. The number of aromatic amines is 1. The summed E-state index contributed by atoms with van der Waals surface area (Å²) < 4.78 is 19.1. The highest BCUT2D eigenvalue weighted by Gasteiger charge is 2.27. The minimum Gasteiger partial charge on any atom is -0.444 e. The molecule has 0 bridgehead atoms. The van der Waals surface area contributed by atoms with E-state index in [0.29, 0.717) is 31.6 Å². The number of likely N-dealkylation sites (tertiary alicyclic amines) is 1. The lowest BCUT2D eigenvalue weighted by molar-refractivity contribution is -0.119. The molecule has 2 amide bonds. The Hall–Kier alpha value is -2.38. The number of aromatic nitrogens is 2. The summed E-state index contributed by atoms with van der Waals surface area (Å²) in [5.74, 6) is -1.64. The average molecular weight is 338 g/mol. The molecular formula is C16H23FN4O3. The van der Waals surface area contributed by atoms with Crippen LogP contribution in [0.25, 0.3) is 6.08 Å². The first-order chi connectivity index (χ1) is 11.2. The Labute approximate surface area is 140 Å². The number of halogens is 1. The number of carbonyl (C=O) groups is 2. The second-order valence-electron chi connectivity index (χ2n) is 6.71. The van der Waals surface area contributed by atoms with Gasteiger partial charge in [0.15, 0.2) is 5.83 Å². The van der Waals surface area contributed by atoms with Crippen molar-refractivity contribution < 1.29 is 18.7 Å². The van der Waals surface area contributed by atoms with Crippen molar-refractivity contribution in [2.75, 3.05) is 13.1 Å². The number of ether oxygens (including phenoxy) is 1. The lowest BCUT2D eigenvalue weighted by Crippen LogP contribution is -2.47. The molecule has 0 aliphatic carbocycles. The third-order valence-corrected chi connectivity index (χ3v) is 3.50. The van der Waals surface area contributed by atoms with E-state index in [4.69, 9.17) is 4.74 Å². The molecule has 2 heterocycles. The van der Waals surface area contributed by atoms with Crippen molar-refractivity contribution in [3.63, 3.8) is 0 Å². The van der Waals surface area contributed by atoms with E-state index in [-0.39, 0.29) is 12.1 Å². The zero-order valence-corrected chi connectivity index (χ0v) is 14.1. The number of nitrogens with zero attached hydrogens (tertiary/aromatic N) is 2. The Morgan fingerprint density at radius 2 is 2.08 bits per heavy atom. The van der Waals surface area contributed by atoms with E-state index in [9.17, 15) is 14.0 Å². The van der Waals surface area contributed by atoms with Crippen LogP contribution in [0, 0.1) is 0 Å². The van der Waals surface area contributed by atoms with Crippen LogP contribution in [0.3, 0.4) is 0 Å². The standard InChI is InChI=1S/C16H23FN4O3/c1-16(2,3)24-15(23)21-6-4-11(5-7-21)20-14(22)13(17)8-12-9-18-10-19-12/h8-11H,4-7H2,1-3H3,(H,18,19)(H,20,22)/b13-8-. The van der Waals surface area contributed by atoms with Gasteiger partial charge in [0.05, 0.1) is 18.2 Å². The Balaban J connectivity index is 1.80. The fourth-order valence-electron chi connectivity index (χ4n) is 2.33. The molecule has 7 nitrogen and oxygen atoms in total. The summed E-state index contributed by atoms with van der Waals surface area (Å²) in [5.41, 5.74) is -0.120. The third-order valence-electron chi connectivity index (χ3n) is 3.50. The van der Waals surface area contributed by atoms with E-state index in [0.717, 1.165) is 6.08 Å². The van der Waals surface area contributed by atoms with Crippen molar-refractivity contribution in [3.05, 3.63) is 24.0 Å². The smallest absolute Gasteiger partial charge is 0.410 e. The van der Waals surface area contributed by atoms with E-state index in [1.807, 2.05) is 20.8 Å². The van der Waals surface area contributed by atoms with Gasteiger partial charge in [0.25, 0.3) is 5.91 Å². The van der Waals surface area contributed by atoms with Gasteiger partial charge in [0, 0.05) is 25.2 Å². The zero-order valence-electron chi connectivity index (χ0n) is 14.1. The molecular weight excluding hydrogens is 315 g/mol. The summed E-state index contributed by atoms with van der Waals surface area (Å²) in [6.07, 6.45) is 4.68. The van der Waals surface area contributed by atoms with E-state index >= 15 is 0 Å². The van der Waals surface area contributed by atoms with Gasteiger partial charge in [-0.15, -0.1) is 0 Å². The molecule has 2 rings (SSSR count). The van der Waals surface area contributed by atoms with E-state index in [1.54, 1.807) is 4.90 Å². The highest BCUT2D eigenvalue weighted by Crippen LogP contribution is 2.16. The highest BCUT2D eigenvalue weighted by atomic mass is 19.1. The maximum Gasteiger partial charge on any atom is 0.410 e. The van der Waals surface area contributed by atoms with Gasteiger partial charge in [-0.25, -0.2) is 14.2 Å². The zero-order chi connectivity index (χ0) is 17.7. The van der Waals surface area contributed by atoms with Crippen LogP contribution in [0.4, 0.5) is 9.18 Å². The molecule has 8 heteroatoms. The summed E-state index contributed by atoms with van der Waals surface area (Å²) in [4.78, 5) is 31.9.